The molecule has 1 atom stereocenters. The molecule has 5 nitrogen and oxygen atoms in total. The number of carbonyl (C=O) groups is 1. The van der Waals surface area contributed by atoms with E-state index < -0.39 is 5.97 Å². The molecule has 0 fully saturated rings. The summed E-state index contributed by atoms with van der Waals surface area (Å²) in [5.41, 5.74) is 0.382. The first-order valence-electron chi connectivity index (χ1n) is 5.43. The minimum atomic E-state index is -0.397. The Bertz CT molecular complexity index is 379. The van der Waals surface area contributed by atoms with E-state index in [1.54, 1.807) is 7.11 Å². The fraction of sp³-hybridized carbons (Fsp3) is 0.636. The summed E-state index contributed by atoms with van der Waals surface area (Å²) in [5, 5.41) is 3.97. The summed E-state index contributed by atoms with van der Waals surface area (Å²) >= 11 is 1.45. The summed E-state index contributed by atoms with van der Waals surface area (Å²) < 4.78 is 9.76. The lowest BCUT2D eigenvalue weighted by Gasteiger charge is -2.14. The molecule has 0 aliphatic carbocycles. The van der Waals surface area contributed by atoms with Crippen LogP contribution in [0.2, 0.25) is 0 Å². The van der Waals surface area contributed by atoms with Crippen LogP contribution in [0.15, 0.2) is 0 Å². The number of nitrogens with zero attached hydrogens (tertiary/aromatic N) is 1. The fourth-order valence-electron chi connectivity index (χ4n) is 1.38. The van der Waals surface area contributed by atoms with Crippen molar-refractivity contribution >= 4 is 22.4 Å². The minimum Gasteiger partial charge on any atom is -0.464 e. The van der Waals surface area contributed by atoms with E-state index >= 15 is 0 Å². The Labute approximate surface area is 105 Å². The highest BCUT2D eigenvalue weighted by Crippen LogP contribution is 2.23. The first-order valence-corrected chi connectivity index (χ1v) is 6.25. The number of ether oxygens (including phenoxy) is 2. The van der Waals surface area contributed by atoms with Gasteiger partial charge in [0.15, 0.2) is 10.8 Å². The minimum absolute atomic E-state index is 0.205. The van der Waals surface area contributed by atoms with E-state index in [-0.39, 0.29) is 6.04 Å². The number of aromatic nitrogens is 1. The lowest BCUT2D eigenvalue weighted by molar-refractivity contribution is 0.0594. The Hall–Kier alpha value is -1.14. The highest BCUT2D eigenvalue weighted by molar-refractivity contribution is 7.15. The van der Waals surface area contributed by atoms with Crippen LogP contribution in [0.4, 0.5) is 5.13 Å². The molecule has 1 N–H and O–H groups in total. The van der Waals surface area contributed by atoms with Gasteiger partial charge in [0.25, 0.3) is 0 Å². The number of nitrogens with one attached hydrogen (secondary N) is 1. The monoisotopic (exact) mass is 258 g/mol. The Morgan fingerprint density at radius 1 is 1.53 bits per heavy atom. The molecule has 6 heteroatoms. The maximum Gasteiger partial charge on any atom is 0.357 e. The van der Waals surface area contributed by atoms with Crippen LogP contribution in [-0.4, -0.2) is 37.8 Å². The summed E-state index contributed by atoms with van der Waals surface area (Å²) in [7, 11) is 3.02. The zero-order valence-corrected chi connectivity index (χ0v) is 11.4. The van der Waals surface area contributed by atoms with Gasteiger partial charge in [-0.15, -0.1) is 11.3 Å². The van der Waals surface area contributed by atoms with Crippen molar-refractivity contribution in [2.75, 3.05) is 26.1 Å². The SMILES string of the molecule is CCC(COC)Nc1nc(C(=O)OC)c(C)s1. The highest BCUT2D eigenvalue weighted by Gasteiger charge is 2.17. The Morgan fingerprint density at radius 2 is 2.24 bits per heavy atom. The molecule has 17 heavy (non-hydrogen) atoms. The van der Waals surface area contributed by atoms with Crippen LogP contribution < -0.4 is 5.32 Å². The molecular weight excluding hydrogens is 240 g/mol. The quantitative estimate of drug-likeness (QED) is 0.792. The zero-order valence-electron chi connectivity index (χ0n) is 10.6. The van der Waals surface area contributed by atoms with E-state index in [1.165, 1.54) is 18.4 Å². The number of hydrogen-bond donors (Lipinski definition) is 1. The molecule has 0 aliphatic rings. The second-order valence-electron chi connectivity index (χ2n) is 3.62. The number of methoxy groups -OCH3 is 2. The molecule has 0 saturated heterocycles. The van der Waals surface area contributed by atoms with Crippen LogP contribution in [0.5, 0.6) is 0 Å². The third-order valence-corrected chi connectivity index (χ3v) is 3.27. The van der Waals surface area contributed by atoms with Gasteiger partial charge in [-0.3, -0.25) is 0 Å². The first kappa shape index (κ1) is 13.9. The van der Waals surface area contributed by atoms with Gasteiger partial charge in [-0.25, -0.2) is 9.78 Å². The van der Waals surface area contributed by atoms with Crippen molar-refractivity contribution in [3.8, 4) is 0 Å². The molecule has 1 rings (SSSR count). The van der Waals surface area contributed by atoms with Gasteiger partial charge in [-0.1, -0.05) is 6.92 Å². The van der Waals surface area contributed by atoms with Crippen LogP contribution in [0.1, 0.15) is 28.7 Å². The van der Waals surface area contributed by atoms with Gasteiger partial charge in [0.1, 0.15) is 0 Å². The molecule has 0 saturated carbocycles. The number of thiazole rings is 1. The summed E-state index contributed by atoms with van der Waals surface area (Å²) in [6.07, 6.45) is 0.931. The van der Waals surface area contributed by atoms with Crippen LogP contribution >= 0.6 is 11.3 Å². The maximum atomic E-state index is 11.4. The lowest BCUT2D eigenvalue weighted by atomic mass is 10.2. The molecule has 0 spiro atoms. The highest BCUT2D eigenvalue weighted by atomic mass is 32.1. The molecular formula is C11H18N2O3S. The second-order valence-corrected chi connectivity index (χ2v) is 4.82. The van der Waals surface area contributed by atoms with Gasteiger partial charge >= 0.3 is 5.97 Å². The van der Waals surface area contributed by atoms with Gasteiger partial charge < -0.3 is 14.8 Å². The number of aryl methyl sites for hydroxylation is 1. The van der Waals surface area contributed by atoms with E-state index in [0.717, 1.165) is 16.4 Å². The molecule has 0 bridgehead atoms. The summed E-state index contributed by atoms with van der Waals surface area (Å²) in [6.45, 7) is 4.54. The largest absolute Gasteiger partial charge is 0.464 e. The van der Waals surface area contributed by atoms with Gasteiger partial charge in [-0.05, 0) is 13.3 Å². The van der Waals surface area contributed by atoms with Gasteiger partial charge in [-0.2, -0.15) is 0 Å². The maximum absolute atomic E-state index is 11.4. The lowest BCUT2D eigenvalue weighted by Crippen LogP contribution is -2.23. The molecule has 0 radical (unpaired) electrons. The first-order chi connectivity index (χ1) is 8.12. The van der Waals surface area contributed by atoms with Crippen molar-refractivity contribution in [1.82, 2.24) is 4.98 Å². The van der Waals surface area contributed by atoms with Crippen LogP contribution in [0, 0.1) is 6.92 Å². The van der Waals surface area contributed by atoms with Crippen LogP contribution in [0.3, 0.4) is 0 Å². The second kappa shape index (κ2) is 6.56. The number of anilines is 1. The summed E-state index contributed by atoms with van der Waals surface area (Å²) in [4.78, 5) is 16.5. The smallest absolute Gasteiger partial charge is 0.357 e. The topological polar surface area (TPSA) is 60.5 Å². The van der Waals surface area contributed by atoms with Crippen molar-refractivity contribution < 1.29 is 14.3 Å². The molecule has 96 valence electrons. The van der Waals surface area contributed by atoms with Crippen molar-refractivity contribution in [1.29, 1.82) is 0 Å². The molecule has 0 amide bonds. The molecule has 1 aromatic rings. The standard InChI is InChI=1S/C11H18N2O3S/c1-5-8(6-15-3)12-11-13-9(7(2)17-11)10(14)16-4/h8H,5-6H2,1-4H3,(H,12,13). The summed E-state index contributed by atoms with van der Waals surface area (Å²) in [5.74, 6) is -0.397. The number of hydrogen-bond acceptors (Lipinski definition) is 6. The van der Waals surface area contributed by atoms with Crippen LogP contribution in [-0.2, 0) is 9.47 Å². The molecule has 1 heterocycles. The number of carbonyl (C=O) groups excluding carboxylic acids is 1. The summed E-state index contributed by atoms with van der Waals surface area (Å²) in [6, 6.07) is 0.205. The van der Waals surface area contributed by atoms with Gasteiger partial charge in [0, 0.05) is 12.0 Å². The molecule has 1 aromatic heterocycles. The average molecular weight is 258 g/mol. The van der Waals surface area contributed by atoms with E-state index in [1.807, 2.05) is 6.92 Å². The van der Waals surface area contributed by atoms with E-state index in [9.17, 15) is 4.79 Å². The van der Waals surface area contributed by atoms with E-state index in [2.05, 4.69) is 22.0 Å². The molecule has 0 aromatic carbocycles. The van der Waals surface area contributed by atoms with Crippen LogP contribution in [0.25, 0.3) is 0 Å². The van der Waals surface area contributed by atoms with E-state index in [0.29, 0.717) is 12.3 Å². The third kappa shape index (κ3) is 3.67. The molecule has 0 aliphatic heterocycles. The van der Waals surface area contributed by atoms with E-state index in [4.69, 9.17) is 4.74 Å². The van der Waals surface area contributed by atoms with Crippen molar-refractivity contribution in [2.24, 2.45) is 0 Å². The Balaban J connectivity index is 2.75. The Morgan fingerprint density at radius 3 is 2.76 bits per heavy atom. The average Bonchev–Trinajstić information content (AvgIpc) is 2.68. The normalized spacial score (nSPS) is 12.2. The number of rotatable bonds is 6. The van der Waals surface area contributed by atoms with Crippen molar-refractivity contribution in [2.45, 2.75) is 26.3 Å². The Kier molecular flexibility index (Phi) is 5.37. The van der Waals surface area contributed by atoms with Gasteiger partial charge in [0.05, 0.1) is 19.8 Å². The zero-order chi connectivity index (χ0) is 12.8. The fourth-order valence-corrected chi connectivity index (χ4v) is 2.26. The van der Waals surface area contributed by atoms with Crippen molar-refractivity contribution in [3.63, 3.8) is 0 Å². The van der Waals surface area contributed by atoms with Gasteiger partial charge in [0.2, 0.25) is 0 Å². The number of esters is 1. The predicted octanol–water partition coefficient (Wildman–Crippen LogP) is 2.08. The third-order valence-electron chi connectivity index (χ3n) is 2.36. The van der Waals surface area contributed by atoms with Crippen molar-refractivity contribution in [3.05, 3.63) is 10.6 Å². The molecule has 1 unspecified atom stereocenters. The predicted molar refractivity (Wildman–Crippen MR) is 67.8 cm³/mol.